The van der Waals surface area contributed by atoms with Crippen molar-refractivity contribution < 1.29 is 4.79 Å². The van der Waals surface area contributed by atoms with Gasteiger partial charge in [-0.25, -0.2) is 32.9 Å². The van der Waals surface area contributed by atoms with Crippen LogP contribution in [0.1, 0.15) is 16.7 Å². The molecule has 0 N–H and O–H groups in total. The fraction of sp³-hybridized carbons (Fsp3) is 0.0667. The minimum Gasteiger partial charge on any atom is -0.246 e. The summed E-state index contributed by atoms with van der Waals surface area (Å²) in [5, 5.41) is 0. The standard InChI is InChI=1S/C30H22N4O4/c1-21-7-15-26(16-8-21)33-28(36)32(25-5-3-2-4-6-25)29(37)34(30(33)38)27-17-11-23(12-18-27)19-22-9-13-24(14-10-22)31-20-35/h2-18H,19H2,1H3. The van der Waals surface area contributed by atoms with Crippen molar-refractivity contribution in [2.45, 2.75) is 13.3 Å². The van der Waals surface area contributed by atoms with E-state index >= 15 is 0 Å². The maximum absolute atomic E-state index is 13.6. The van der Waals surface area contributed by atoms with Crippen LogP contribution in [-0.4, -0.2) is 19.8 Å². The van der Waals surface area contributed by atoms with Gasteiger partial charge in [-0.3, -0.25) is 0 Å². The molecular formula is C30H22N4O4. The summed E-state index contributed by atoms with van der Waals surface area (Å²) < 4.78 is 3.01. The fourth-order valence-electron chi connectivity index (χ4n) is 4.22. The number of benzene rings is 4. The Kier molecular flexibility index (Phi) is 6.63. The molecule has 38 heavy (non-hydrogen) atoms. The molecule has 0 atom stereocenters. The summed E-state index contributed by atoms with van der Waals surface area (Å²) in [6.45, 7) is 1.91. The SMILES string of the molecule is Cc1ccc(-n2c(=O)n(-c3ccccc3)c(=O)n(-c3ccc(Cc4ccc(N=C=O)cc4)cc3)c2=O)cc1. The van der Waals surface area contributed by atoms with E-state index in [0.29, 0.717) is 29.2 Å². The molecule has 0 fully saturated rings. The van der Waals surface area contributed by atoms with Crippen molar-refractivity contribution in [1.82, 2.24) is 13.7 Å². The van der Waals surface area contributed by atoms with Crippen molar-refractivity contribution in [1.29, 1.82) is 0 Å². The first-order valence-electron chi connectivity index (χ1n) is 11.9. The molecule has 4 aromatic carbocycles. The number of hydrogen-bond donors (Lipinski definition) is 0. The fourth-order valence-corrected chi connectivity index (χ4v) is 4.22. The molecule has 1 heterocycles. The van der Waals surface area contributed by atoms with Gasteiger partial charge in [0.1, 0.15) is 0 Å². The topological polar surface area (TPSA) is 95.4 Å². The zero-order chi connectivity index (χ0) is 26.6. The van der Waals surface area contributed by atoms with Gasteiger partial charge < -0.3 is 0 Å². The van der Waals surface area contributed by atoms with E-state index in [0.717, 1.165) is 30.4 Å². The second-order valence-corrected chi connectivity index (χ2v) is 8.74. The molecule has 5 rings (SSSR count). The van der Waals surface area contributed by atoms with E-state index in [1.807, 2.05) is 31.2 Å². The van der Waals surface area contributed by atoms with Crippen LogP contribution < -0.4 is 17.1 Å². The average molecular weight is 503 g/mol. The van der Waals surface area contributed by atoms with Gasteiger partial charge in [-0.05, 0) is 73.0 Å². The number of carbonyl (C=O) groups excluding carboxylic acids is 1. The molecule has 0 saturated carbocycles. The summed E-state index contributed by atoms with van der Waals surface area (Å²) in [5.74, 6) is 0. The Hall–Kier alpha value is -5.33. The molecule has 8 nitrogen and oxygen atoms in total. The largest absolute Gasteiger partial charge is 0.345 e. The third-order valence-corrected chi connectivity index (χ3v) is 6.17. The Morgan fingerprint density at radius 1 is 0.579 bits per heavy atom. The molecular weight excluding hydrogens is 480 g/mol. The van der Waals surface area contributed by atoms with Crippen molar-refractivity contribution in [2.24, 2.45) is 4.99 Å². The van der Waals surface area contributed by atoms with Crippen molar-refractivity contribution in [2.75, 3.05) is 0 Å². The lowest BCUT2D eigenvalue weighted by Gasteiger charge is -2.14. The zero-order valence-corrected chi connectivity index (χ0v) is 20.4. The van der Waals surface area contributed by atoms with Crippen LogP contribution in [0.25, 0.3) is 17.1 Å². The highest BCUT2D eigenvalue weighted by Gasteiger charge is 2.19. The van der Waals surface area contributed by atoms with Gasteiger partial charge in [0.15, 0.2) is 0 Å². The normalized spacial score (nSPS) is 10.7. The molecule has 0 spiro atoms. The molecule has 0 aliphatic carbocycles. The van der Waals surface area contributed by atoms with Crippen molar-refractivity contribution >= 4 is 11.8 Å². The predicted molar refractivity (Wildman–Crippen MR) is 145 cm³/mol. The van der Waals surface area contributed by atoms with E-state index in [1.165, 1.54) is 6.08 Å². The van der Waals surface area contributed by atoms with E-state index in [-0.39, 0.29) is 0 Å². The molecule has 0 unspecified atom stereocenters. The Labute approximate surface area is 217 Å². The second-order valence-electron chi connectivity index (χ2n) is 8.74. The molecule has 0 amide bonds. The number of aryl methyl sites for hydroxylation is 1. The third kappa shape index (κ3) is 4.72. The van der Waals surface area contributed by atoms with Gasteiger partial charge in [-0.1, -0.05) is 60.2 Å². The lowest BCUT2D eigenvalue weighted by molar-refractivity contribution is 0.565. The Balaban J connectivity index is 1.62. The van der Waals surface area contributed by atoms with Crippen LogP contribution in [0, 0.1) is 6.92 Å². The number of para-hydroxylation sites is 1. The van der Waals surface area contributed by atoms with Gasteiger partial charge in [-0.15, -0.1) is 0 Å². The van der Waals surface area contributed by atoms with Gasteiger partial charge in [0.25, 0.3) is 0 Å². The molecule has 5 aromatic rings. The van der Waals surface area contributed by atoms with E-state index in [2.05, 4.69) is 4.99 Å². The van der Waals surface area contributed by atoms with E-state index in [1.54, 1.807) is 78.9 Å². The minimum absolute atomic E-state index is 0.338. The minimum atomic E-state index is -0.756. The van der Waals surface area contributed by atoms with E-state index < -0.39 is 17.1 Å². The van der Waals surface area contributed by atoms with E-state index in [4.69, 9.17) is 0 Å². The number of rotatable bonds is 6. The highest BCUT2D eigenvalue weighted by Crippen LogP contribution is 2.16. The number of aliphatic imine (C=N–C) groups is 1. The van der Waals surface area contributed by atoms with Crippen LogP contribution in [-0.2, 0) is 11.2 Å². The average Bonchev–Trinajstić information content (AvgIpc) is 2.92. The summed E-state index contributed by atoms with van der Waals surface area (Å²) in [7, 11) is 0. The van der Waals surface area contributed by atoms with Crippen LogP contribution in [0.3, 0.4) is 0 Å². The predicted octanol–water partition coefficient (Wildman–Crippen LogP) is 4.01. The van der Waals surface area contributed by atoms with Gasteiger partial charge in [0.2, 0.25) is 6.08 Å². The summed E-state index contributed by atoms with van der Waals surface area (Å²) in [6, 6.07) is 29.7. The van der Waals surface area contributed by atoms with Crippen molar-refractivity contribution in [3.8, 4) is 17.1 Å². The monoisotopic (exact) mass is 502 g/mol. The Bertz CT molecular complexity index is 1830. The molecule has 1 aromatic heterocycles. The van der Waals surface area contributed by atoms with Gasteiger partial charge in [-0.2, -0.15) is 4.99 Å². The molecule has 0 saturated heterocycles. The third-order valence-electron chi connectivity index (χ3n) is 6.17. The molecule has 0 bridgehead atoms. The van der Waals surface area contributed by atoms with Crippen LogP contribution >= 0.6 is 0 Å². The van der Waals surface area contributed by atoms with Gasteiger partial charge >= 0.3 is 17.1 Å². The highest BCUT2D eigenvalue weighted by atomic mass is 16.2. The highest BCUT2D eigenvalue weighted by molar-refractivity contribution is 5.49. The lowest BCUT2D eigenvalue weighted by atomic mass is 10.0. The molecule has 186 valence electrons. The lowest BCUT2D eigenvalue weighted by Crippen LogP contribution is -2.52. The quantitative estimate of drug-likeness (QED) is 0.259. The second kappa shape index (κ2) is 10.3. The first kappa shape index (κ1) is 24.4. The molecule has 8 heteroatoms. The van der Waals surface area contributed by atoms with Gasteiger partial charge in [0.05, 0.1) is 22.7 Å². The van der Waals surface area contributed by atoms with Gasteiger partial charge in [0, 0.05) is 0 Å². The number of nitrogens with zero attached hydrogens (tertiary/aromatic N) is 4. The smallest absolute Gasteiger partial charge is 0.246 e. The summed E-state index contributed by atoms with van der Waals surface area (Å²) in [5.41, 5.74) is 2.25. The van der Waals surface area contributed by atoms with E-state index in [9.17, 15) is 19.2 Å². The summed E-state index contributed by atoms with van der Waals surface area (Å²) in [4.78, 5) is 54.7. The Morgan fingerprint density at radius 2 is 1.00 bits per heavy atom. The first-order chi connectivity index (χ1) is 18.5. The maximum atomic E-state index is 13.6. The van der Waals surface area contributed by atoms with Crippen molar-refractivity contribution in [3.63, 3.8) is 0 Å². The summed E-state index contributed by atoms with van der Waals surface area (Å²) in [6.07, 6.45) is 2.11. The number of hydrogen-bond acceptors (Lipinski definition) is 5. The Morgan fingerprint density at radius 3 is 1.47 bits per heavy atom. The number of isocyanates is 1. The first-order valence-corrected chi connectivity index (χ1v) is 11.9. The van der Waals surface area contributed by atoms with Crippen molar-refractivity contribution in [3.05, 3.63) is 151 Å². The summed E-state index contributed by atoms with van der Waals surface area (Å²) >= 11 is 0. The number of aromatic nitrogens is 3. The maximum Gasteiger partial charge on any atom is 0.345 e. The molecule has 0 radical (unpaired) electrons. The van der Waals surface area contributed by atoms with Crippen LogP contribution in [0.5, 0.6) is 0 Å². The molecule has 0 aliphatic rings. The molecule has 0 aliphatic heterocycles. The van der Waals surface area contributed by atoms with Crippen LogP contribution in [0.2, 0.25) is 0 Å². The van der Waals surface area contributed by atoms with Crippen LogP contribution in [0.15, 0.2) is 123 Å². The van der Waals surface area contributed by atoms with Crippen LogP contribution in [0.4, 0.5) is 5.69 Å². The zero-order valence-electron chi connectivity index (χ0n) is 20.4.